The van der Waals surface area contributed by atoms with Crippen LogP contribution in [-0.4, -0.2) is 75.6 Å². The van der Waals surface area contributed by atoms with E-state index in [1.807, 2.05) is 12.1 Å². The predicted octanol–water partition coefficient (Wildman–Crippen LogP) is 3.30. The molecule has 0 saturated carbocycles. The maximum absolute atomic E-state index is 11.7. The smallest absolute Gasteiger partial charge is 0.409 e. The lowest BCUT2D eigenvalue weighted by Crippen LogP contribution is -2.37. The summed E-state index contributed by atoms with van der Waals surface area (Å²) in [5.41, 5.74) is 1.81. The summed E-state index contributed by atoms with van der Waals surface area (Å²) in [5.74, 6) is 1.39. The van der Waals surface area contributed by atoms with Gasteiger partial charge in [0.05, 0.1) is 18.7 Å². The summed E-state index contributed by atoms with van der Waals surface area (Å²) in [6.45, 7) is 4.63. The monoisotopic (exact) mass is 424 g/mol. The molecule has 2 atom stereocenters. The lowest BCUT2D eigenvalue weighted by molar-refractivity contribution is 0.111. The molecule has 0 bridgehead atoms. The highest BCUT2D eigenvalue weighted by Gasteiger charge is 2.30. The van der Waals surface area contributed by atoms with Crippen molar-refractivity contribution in [1.29, 1.82) is 0 Å². The Kier molecular flexibility index (Phi) is 5.13. The second kappa shape index (κ2) is 7.96. The van der Waals surface area contributed by atoms with Gasteiger partial charge in [0.15, 0.2) is 5.82 Å². The molecular formula is C22H28N6O3. The number of likely N-dealkylation sites (N-methyl/N-ethyl adjacent to an activating group) is 1. The summed E-state index contributed by atoms with van der Waals surface area (Å²) in [4.78, 5) is 20.4. The summed E-state index contributed by atoms with van der Waals surface area (Å²) in [7, 11) is 3.57. The molecule has 0 radical (unpaired) electrons. The molecular weight excluding hydrogens is 396 g/mol. The molecule has 2 aromatic heterocycles. The van der Waals surface area contributed by atoms with Crippen molar-refractivity contribution in [3.8, 4) is 11.5 Å². The molecule has 31 heavy (non-hydrogen) atoms. The van der Waals surface area contributed by atoms with Crippen LogP contribution in [0.1, 0.15) is 44.0 Å². The molecule has 2 aliphatic heterocycles. The van der Waals surface area contributed by atoms with E-state index >= 15 is 0 Å². The molecule has 0 N–H and O–H groups in total. The van der Waals surface area contributed by atoms with Crippen LogP contribution >= 0.6 is 0 Å². The number of amides is 1. The topological polar surface area (TPSA) is 89.5 Å². The third kappa shape index (κ3) is 3.67. The van der Waals surface area contributed by atoms with Gasteiger partial charge in [0.1, 0.15) is 0 Å². The number of carbonyl (C=O) groups excluding carboxylic acids is 1. The van der Waals surface area contributed by atoms with Gasteiger partial charge in [-0.3, -0.25) is 4.68 Å². The molecule has 2 unspecified atom stereocenters. The highest BCUT2D eigenvalue weighted by Crippen LogP contribution is 2.31. The van der Waals surface area contributed by atoms with Crippen molar-refractivity contribution in [2.45, 2.75) is 44.2 Å². The van der Waals surface area contributed by atoms with Gasteiger partial charge in [0.2, 0.25) is 0 Å². The van der Waals surface area contributed by atoms with Gasteiger partial charge in [0.25, 0.3) is 5.89 Å². The minimum absolute atomic E-state index is 0.183. The SMILES string of the molecule is COC(=O)N1CCC(c2noc(-c3ccc4cn(C5CCN(C)C5C)nc4c3)n2)CC1. The quantitative estimate of drug-likeness (QED) is 0.637. The number of nitrogens with zero attached hydrogens (tertiary/aromatic N) is 6. The number of carbonyl (C=O) groups is 1. The zero-order valence-corrected chi connectivity index (χ0v) is 18.2. The first-order chi connectivity index (χ1) is 15.0. The lowest BCUT2D eigenvalue weighted by Gasteiger charge is -2.29. The van der Waals surface area contributed by atoms with E-state index in [4.69, 9.17) is 14.4 Å². The van der Waals surface area contributed by atoms with E-state index in [-0.39, 0.29) is 12.0 Å². The van der Waals surface area contributed by atoms with Crippen LogP contribution in [0.3, 0.4) is 0 Å². The number of hydrogen-bond donors (Lipinski definition) is 0. The van der Waals surface area contributed by atoms with E-state index in [0.29, 0.717) is 36.9 Å². The van der Waals surface area contributed by atoms with Gasteiger partial charge in [-0.1, -0.05) is 11.2 Å². The Morgan fingerprint density at radius 1 is 1.19 bits per heavy atom. The van der Waals surface area contributed by atoms with Gasteiger partial charge in [0, 0.05) is 48.7 Å². The molecule has 2 aliphatic rings. The Labute approximate surface area is 180 Å². The average Bonchev–Trinajstić information content (AvgIpc) is 3.52. The van der Waals surface area contributed by atoms with E-state index in [1.165, 1.54) is 7.11 Å². The minimum atomic E-state index is -0.279. The third-order valence-corrected chi connectivity index (χ3v) is 6.88. The van der Waals surface area contributed by atoms with Crippen molar-refractivity contribution < 1.29 is 14.1 Å². The Morgan fingerprint density at radius 3 is 2.71 bits per heavy atom. The van der Waals surface area contributed by atoms with Crippen LogP contribution in [0.4, 0.5) is 4.79 Å². The minimum Gasteiger partial charge on any atom is -0.453 e. The van der Waals surface area contributed by atoms with Crippen LogP contribution in [0.15, 0.2) is 28.9 Å². The molecule has 9 heteroatoms. The highest BCUT2D eigenvalue weighted by molar-refractivity contribution is 5.82. The fourth-order valence-corrected chi connectivity index (χ4v) is 4.73. The number of likely N-dealkylation sites (tertiary alicyclic amines) is 2. The standard InChI is InChI=1S/C22H28N6O3/c1-14-19(8-9-26(14)2)28-13-17-5-4-16(12-18(17)24-28)21-23-20(25-31-21)15-6-10-27(11-7-15)22(29)30-3/h4-5,12-15,19H,6-11H2,1-3H3. The van der Waals surface area contributed by atoms with E-state index in [9.17, 15) is 4.79 Å². The van der Waals surface area contributed by atoms with E-state index in [0.717, 1.165) is 42.3 Å². The van der Waals surface area contributed by atoms with Gasteiger partial charge in [-0.15, -0.1) is 0 Å². The normalized spacial score (nSPS) is 23.0. The summed E-state index contributed by atoms with van der Waals surface area (Å²) >= 11 is 0. The second-order valence-electron chi connectivity index (χ2n) is 8.65. The van der Waals surface area contributed by atoms with Crippen LogP contribution in [0.2, 0.25) is 0 Å². The number of piperidine rings is 1. The summed E-state index contributed by atoms with van der Waals surface area (Å²) in [5, 5.41) is 10.2. The van der Waals surface area contributed by atoms with E-state index in [1.54, 1.807) is 4.90 Å². The maximum Gasteiger partial charge on any atom is 0.409 e. The van der Waals surface area contributed by atoms with Crippen LogP contribution in [0, 0.1) is 0 Å². The van der Waals surface area contributed by atoms with Crippen LogP contribution < -0.4 is 0 Å². The maximum atomic E-state index is 11.7. The van der Waals surface area contributed by atoms with Crippen molar-refractivity contribution in [2.75, 3.05) is 33.8 Å². The molecule has 2 saturated heterocycles. The van der Waals surface area contributed by atoms with Crippen molar-refractivity contribution in [1.82, 2.24) is 29.7 Å². The average molecular weight is 425 g/mol. The van der Waals surface area contributed by atoms with Crippen LogP contribution in [0.25, 0.3) is 22.4 Å². The zero-order valence-electron chi connectivity index (χ0n) is 18.2. The molecule has 164 valence electrons. The highest BCUT2D eigenvalue weighted by atomic mass is 16.5. The Balaban J connectivity index is 1.32. The Morgan fingerprint density at radius 2 is 2.00 bits per heavy atom. The molecule has 3 aromatic rings. The largest absolute Gasteiger partial charge is 0.453 e. The molecule has 1 amide bonds. The third-order valence-electron chi connectivity index (χ3n) is 6.88. The molecule has 5 rings (SSSR count). The van der Waals surface area contributed by atoms with Crippen molar-refractivity contribution in [3.05, 3.63) is 30.2 Å². The molecule has 2 fully saturated rings. The van der Waals surface area contributed by atoms with Gasteiger partial charge in [-0.2, -0.15) is 10.1 Å². The molecule has 0 aliphatic carbocycles. The van der Waals surface area contributed by atoms with Gasteiger partial charge < -0.3 is 19.1 Å². The Bertz CT molecular complexity index is 1080. The Hall–Kier alpha value is -2.94. The van der Waals surface area contributed by atoms with E-state index in [2.05, 4.69) is 46.0 Å². The van der Waals surface area contributed by atoms with E-state index < -0.39 is 0 Å². The fourth-order valence-electron chi connectivity index (χ4n) is 4.73. The number of benzene rings is 1. The lowest BCUT2D eigenvalue weighted by atomic mass is 9.96. The summed E-state index contributed by atoms with van der Waals surface area (Å²) in [6.07, 6.45) is 4.56. The number of methoxy groups -OCH3 is 1. The molecule has 4 heterocycles. The number of aromatic nitrogens is 4. The predicted molar refractivity (Wildman–Crippen MR) is 115 cm³/mol. The first-order valence-electron chi connectivity index (χ1n) is 10.9. The number of fused-ring (bicyclic) bond motifs is 1. The van der Waals surface area contributed by atoms with Gasteiger partial charge >= 0.3 is 6.09 Å². The van der Waals surface area contributed by atoms with Crippen LogP contribution in [-0.2, 0) is 4.74 Å². The molecule has 1 aromatic carbocycles. The number of rotatable bonds is 3. The second-order valence-corrected chi connectivity index (χ2v) is 8.65. The number of ether oxygens (including phenoxy) is 1. The zero-order chi connectivity index (χ0) is 21.5. The van der Waals surface area contributed by atoms with Gasteiger partial charge in [-0.25, -0.2) is 4.79 Å². The first kappa shape index (κ1) is 20.0. The van der Waals surface area contributed by atoms with Crippen molar-refractivity contribution in [3.63, 3.8) is 0 Å². The first-order valence-corrected chi connectivity index (χ1v) is 10.9. The fraction of sp³-hybridized carbons (Fsp3) is 0.545. The summed E-state index contributed by atoms with van der Waals surface area (Å²) < 4.78 is 12.5. The van der Waals surface area contributed by atoms with Crippen molar-refractivity contribution in [2.24, 2.45) is 0 Å². The molecule has 0 spiro atoms. The summed E-state index contributed by atoms with van der Waals surface area (Å²) in [6, 6.07) is 6.96. The molecule has 9 nitrogen and oxygen atoms in total. The van der Waals surface area contributed by atoms with Crippen LogP contribution in [0.5, 0.6) is 0 Å². The number of hydrogen-bond acceptors (Lipinski definition) is 7. The van der Waals surface area contributed by atoms with Gasteiger partial charge in [-0.05, 0) is 45.4 Å². The van der Waals surface area contributed by atoms with Crippen molar-refractivity contribution >= 4 is 17.0 Å².